The Balaban J connectivity index is 0.00000144. The van der Waals surface area contributed by atoms with Crippen molar-refractivity contribution >= 4 is 17.6 Å². The van der Waals surface area contributed by atoms with E-state index in [-0.39, 0.29) is 29.6 Å². The minimum Gasteiger partial charge on any atom is -0.543 e. The fourth-order valence-corrected chi connectivity index (χ4v) is 1.53. The van der Waals surface area contributed by atoms with Gasteiger partial charge >= 0.3 is 18.9 Å². The van der Waals surface area contributed by atoms with Crippen molar-refractivity contribution in [2.45, 2.75) is 6.92 Å². The van der Waals surface area contributed by atoms with E-state index in [4.69, 9.17) is 11.6 Å². The molecule has 0 saturated heterocycles. The Labute approximate surface area is 115 Å². The number of hydrogen-bond donors (Lipinski definition) is 0. The van der Waals surface area contributed by atoms with Crippen molar-refractivity contribution in [3.8, 4) is 5.69 Å². The molecule has 0 spiro atoms. The van der Waals surface area contributed by atoms with Gasteiger partial charge in [-0.25, -0.2) is 4.98 Å². The normalized spacial score (nSPS) is 9.76. The number of halogens is 1. The van der Waals surface area contributed by atoms with Crippen LogP contribution in [-0.4, -0.2) is 20.5 Å². The maximum atomic E-state index is 10.6. The monoisotopic (exact) mass is 243 g/mol. The fourth-order valence-electron chi connectivity index (χ4n) is 1.28. The summed E-state index contributed by atoms with van der Waals surface area (Å²) in [5.74, 6) is -1.35. The van der Waals surface area contributed by atoms with Gasteiger partial charge < -0.3 is 14.5 Å². The summed E-state index contributed by atoms with van der Waals surface area (Å²) in [6.07, 6.45) is 4.72. The first-order chi connectivity index (χ1) is 7.58. The van der Waals surface area contributed by atoms with Crippen molar-refractivity contribution in [3.05, 3.63) is 41.2 Å². The quantitative estimate of drug-likeness (QED) is 0.551. The minimum absolute atomic E-state index is 0. The number of imidazole rings is 1. The summed E-state index contributed by atoms with van der Waals surface area (Å²) < 4.78 is 1.67. The maximum absolute atomic E-state index is 10.6. The third-order valence-corrected chi connectivity index (χ3v) is 2.34. The van der Waals surface area contributed by atoms with Crippen LogP contribution in [0.3, 0.4) is 0 Å². The van der Waals surface area contributed by atoms with Gasteiger partial charge in [0.15, 0.2) is 0 Å². The van der Waals surface area contributed by atoms with Crippen LogP contribution in [0.2, 0.25) is 5.02 Å². The van der Waals surface area contributed by atoms with E-state index in [2.05, 4.69) is 9.97 Å². The molecule has 2 aromatic heterocycles. The third-order valence-electron chi connectivity index (χ3n) is 2.03. The average molecular weight is 244 g/mol. The van der Waals surface area contributed by atoms with Crippen LogP contribution in [0.1, 0.15) is 16.2 Å². The maximum Gasteiger partial charge on any atom is 1.00 e. The smallest absolute Gasteiger partial charge is 0.543 e. The average Bonchev–Trinajstić information content (AvgIpc) is 2.64. The number of aromatic nitrogens is 3. The van der Waals surface area contributed by atoms with Crippen LogP contribution in [-0.2, 0) is 0 Å². The number of carbonyl (C=O) groups excluding carboxylic acids is 1. The van der Waals surface area contributed by atoms with Gasteiger partial charge in [0.05, 0.1) is 40.6 Å². The van der Waals surface area contributed by atoms with E-state index < -0.39 is 5.97 Å². The SMILES string of the molecule is Cc1cn(-c2cnc(C(=O)[O-])cc2Cl)cn1.[Li+]. The van der Waals surface area contributed by atoms with Gasteiger partial charge in [0, 0.05) is 6.20 Å². The molecule has 5 nitrogen and oxygen atoms in total. The van der Waals surface area contributed by atoms with Gasteiger partial charge in [0.1, 0.15) is 0 Å². The van der Waals surface area contributed by atoms with Crippen LogP contribution in [0, 0.1) is 6.92 Å². The molecular formula is C10H7ClLiN3O2. The Morgan fingerprint density at radius 2 is 2.18 bits per heavy atom. The van der Waals surface area contributed by atoms with Crippen LogP contribution < -0.4 is 24.0 Å². The molecular weight excluding hydrogens is 237 g/mol. The van der Waals surface area contributed by atoms with Crippen molar-refractivity contribution in [3.63, 3.8) is 0 Å². The van der Waals surface area contributed by atoms with Crippen molar-refractivity contribution < 1.29 is 28.8 Å². The minimum atomic E-state index is -1.35. The molecule has 0 unspecified atom stereocenters. The molecule has 2 heterocycles. The Hall–Kier alpha value is -1.28. The van der Waals surface area contributed by atoms with E-state index in [0.29, 0.717) is 5.69 Å². The summed E-state index contributed by atoms with van der Waals surface area (Å²) in [7, 11) is 0. The second kappa shape index (κ2) is 5.37. The van der Waals surface area contributed by atoms with Crippen molar-refractivity contribution in [2.75, 3.05) is 0 Å². The van der Waals surface area contributed by atoms with Crippen LogP contribution in [0.15, 0.2) is 24.8 Å². The van der Waals surface area contributed by atoms with E-state index in [0.717, 1.165) is 5.69 Å². The van der Waals surface area contributed by atoms with Gasteiger partial charge in [-0.2, -0.15) is 0 Å². The zero-order chi connectivity index (χ0) is 11.7. The summed E-state index contributed by atoms with van der Waals surface area (Å²) in [6, 6.07) is 1.25. The van der Waals surface area contributed by atoms with Crippen LogP contribution in [0.5, 0.6) is 0 Å². The van der Waals surface area contributed by atoms with Gasteiger partial charge in [-0.15, -0.1) is 0 Å². The summed E-state index contributed by atoms with van der Waals surface area (Å²) in [6.45, 7) is 1.84. The van der Waals surface area contributed by atoms with Gasteiger partial charge in [-0.3, -0.25) is 4.98 Å². The second-order valence-corrected chi connectivity index (χ2v) is 3.64. The predicted molar refractivity (Wildman–Crippen MR) is 55.4 cm³/mol. The molecule has 0 radical (unpaired) electrons. The molecule has 0 fully saturated rings. The molecule has 2 rings (SSSR count). The van der Waals surface area contributed by atoms with Gasteiger partial charge in [-0.1, -0.05) is 11.6 Å². The molecule has 0 aromatic carbocycles. The molecule has 0 N–H and O–H groups in total. The molecule has 7 heteroatoms. The Kier molecular flexibility index (Phi) is 4.35. The standard InChI is InChI=1S/C10H8ClN3O2.Li/c1-6-4-14(5-13-6)9-3-12-8(10(15)16)2-7(9)11;/h2-5H,1H3,(H,15,16);/q;+1/p-1. The van der Waals surface area contributed by atoms with E-state index in [1.165, 1.54) is 12.3 Å². The molecule has 0 amide bonds. The van der Waals surface area contributed by atoms with Crippen LogP contribution in [0.25, 0.3) is 5.69 Å². The largest absolute Gasteiger partial charge is 1.00 e. The first-order valence-electron chi connectivity index (χ1n) is 4.46. The molecule has 0 aliphatic rings. The Morgan fingerprint density at radius 3 is 2.65 bits per heavy atom. The zero-order valence-corrected chi connectivity index (χ0v) is 10.1. The molecule has 0 bridgehead atoms. The number of carboxylic acids is 1. The summed E-state index contributed by atoms with van der Waals surface area (Å²) in [5, 5.41) is 10.8. The Morgan fingerprint density at radius 1 is 1.47 bits per heavy atom. The number of aryl methyl sites for hydroxylation is 1. The molecule has 0 aliphatic carbocycles. The van der Waals surface area contributed by atoms with Crippen LogP contribution in [0.4, 0.5) is 0 Å². The molecule has 82 valence electrons. The zero-order valence-electron chi connectivity index (χ0n) is 9.35. The first kappa shape index (κ1) is 13.8. The Bertz CT molecular complexity index is 556. The molecule has 2 aromatic rings. The number of aromatic carboxylic acids is 1. The number of nitrogens with zero attached hydrogens (tertiary/aromatic N) is 3. The van der Waals surface area contributed by atoms with Gasteiger partial charge in [0.25, 0.3) is 0 Å². The predicted octanol–water partition coefficient (Wildman–Crippen LogP) is -2.40. The van der Waals surface area contributed by atoms with E-state index in [9.17, 15) is 9.90 Å². The van der Waals surface area contributed by atoms with Gasteiger partial charge in [-0.05, 0) is 13.0 Å². The number of pyridine rings is 1. The summed E-state index contributed by atoms with van der Waals surface area (Å²) in [5.41, 5.74) is 1.22. The van der Waals surface area contributed by atoms with E-state index in [1.54, 1.807) is 17.1 Å². The van der Waals surface area contributed by atoms with E-state index in [1.807, 2.05) is 6.92 Å². The van der Waals surface area contributed by atoms with Crippen molar-refractivity contribution in [2.24, 2.45) is 0 Å². The van der Waals surface area contributed by atoms with Gasteiger partial charge in [0.2, 0.25) is 0 Å². The first-order valence-corrected chi connectivity index (χ1v) is 4.83. The molecule has 0 atom stereocenters. The summed E-state index contributed by atoms with van der Waals surface area (Å²) in [4.78, 5) is 18.3. The summed E-state index contributed by atoms with van der Waals surface area (Å²) >= 11 is 5.94. The molecule has 0 saturated carbocycles. The topological polar surface area (TPSA) is 70.8 Å². The van der Waals surface area contributed by atoms with Crippen LogP contribution >= 0.6 is 11.6 Å². The molecule has 0 aliphatic heterocycles. The number of rotatable bonds is 2. The second-order valence-electron chi connectivity index (χ2n) is 3.23. The number of carbonyl (C=O) groups is 1. The third kappa shape index (κ3) is 2.89. The van der Waals surface area contributed by atoms with E-state index >= 15 is 0 Å². The van der Waals surface area contributed by atoms with Crippen molar-refractivity contribution in [1.82, 2.24) is 14.5 Å². The number of carboxylic acid groups (broad SMARTS) is 1. The van der Waals surface area contributed by atoms with Crippen molar-refractivity contribution in [1.29, 1.82) is 0 Å². The number of hydrogen-bond acceptors (Lipinski definition) is 4. The fraction of sp³-hybridized carbons (Fsp3) is 0.100. The molecule has 17 heavy (non-hydrogen) atoms.